The average Bonchev–Trinajstić information content (AvgIpc) is 2.62. The molecular weight excluding hydrogens is 352 g/mol. The van der Waals surface area contributed by atoms with E-state index >= 15 is 0 Å². The normalized spacial score (nSPS) is 19.4. The lowest BCUT2D eigenvalue weighted by Gasteiger charge is -2.32. The summed E-state index contributed by atoms with van der Waals surface area (Å²) in [7, 11) is 0. The Morgan fingerprint density at radius 3 is 2.69 bits per heavy atom. The number of benzene rings is 1. The number of fused-ring (bicyclic) bond motifs is 1. The Balaban J connectivity index is 0.00000243. The van der Waals surface area contributed by atoms with Crippen LogP contribution in [0, 0.1) is 0 Å². The van der Waals surface area contributed by atoms with Crippen LogP contribution in [0.2, 0.25) is 0 Å². The minimum absolute atomic E-state index is 0. The summed E-state index contributed by atoms with van der Waals surface area (Å²) in [6.45, 7) is 7.10. The van der Waals surface area contributed by atoms with Crippen LogP contribution in [0.3, 0.4) is 0 Å². The first-order chi connectivity index (χ1) is 12.1. The second kappa shape index (κ2) is 9.71. The van der Waals surface area contributed by atoms with Gasteiger partial charge < -0.3 is 15.5 Å². The van der Waals surface area contributed by atoms with Crippen LogP contribution in [-0.2, 0) is 9.59 Å². The van der Waals surface area contributed by atoms with Crippen LogP contribution in [0.25, 0.3) is 6.08 Å². The topological polar surface area (TPSA) is 64.7 Å². The zero-order valence-corrected chi connectivity index (χ0v) is 15.9. The van der Waals surface area contributed by atoms with Crippen molar-refractivity contribution in [2.45, 2.75) is 19.4 Å². The van der Waals surface area contributed by atoms with E-state index in [1.807, 2.05) is 30.3 Å². The molecule has 1 unspecified atom stereocenters. The Morgan fingerprint density at radius 2 is 1.96 bits per heavy atom. The van der Waals surface area contributed by atoms with Gasteiger partial charge in [0.05, 0.1) is 12.5 Å². The highest BCUT2D eigenvalue weighted by Gasteiger charge is 2.28. The molecule has 0 bridgehead atoms. The third-order valence-electron chi connectivity index (χ3n) is 4.81. The van der Waals surface area contributed by atoms with Crippen molar-refractivity contribution in [1.82, 2.24) is 20.4 Å². The fourth-order valence-electron chi connectivity index (χ4n) is 3.45. The van der Waals surface area contributed by atoms with Crippen molar-refractivity contribution in [2.75, 3.05) is 39.3 Å². The van der Waals surface area contributed by atoms with Crippen molar-refractivity contribution in [3.05, 3.63) is 41.6 Å². The Bertz CT molecular complexity index is 659. The van der Waals surface area contributed by atoms with E-state index in [0.29, 0.717) is 6.54 Å². The molecule has 1 atom stereocenters. The smallest absolute Gasteiger partial charge is 0.223 e. The van der Waals surface area contributed by atoms with Crippen LogP contribution in [0.4, 0.5) is 0 Å². The van der Waals surface area contributed by atoms with Gasteiger partial charge in [0.2, 0.25) is 11.8 Å². The predicted octanol–water partition coefficient (Wildman–Crippen LogP) is 1.39. The summed E-state index contributed by atoms with van der Waals surface area (Å²) in [5.74, 6) is -0.0687. The Hall–Kier alpha value is -1.89. The molecule has 0 spiro atoms. The maximum Gasteiger partial charge on any atom is 0.223 e. The fourth-order valence-corrected chi connectivity index (χ4v) is 3.45. The van der Waals surface area contributed by atoms with Crippen molar-refractivity contribution in [2.24, 2.45) is 0 Å². The number of halogens is 1. The number of hydrogen-bond donors (Lipinski definition) is 2. The molecular formula is C19H27ClN4O2. The summed E-state index contributed by atoms with van der Waals surface area (Å²) in [5, 5.41) is 6.32. The molecule has 0 saturated carbocycles. The predicted molar refractivity (Wildman–Crippen MR) is 105 cm³/mol. The van der Waals surface area contributed by atoms with Crippen LogP contribution < -0.4 is 10.6 Å². The van der Waals surface area contributed by atoms with E-state index in [1.54, 1.807) is 11.1 Å². The van der Waals surface area contributed by atoms with Gasteiger partial charge in [-0.2, -0.15) is 0 Å². The Kier molecular flexibility index (Phi) is 7.63. The highest BCUT2D eigenvalue weighted by Crippen LogP contribution is 2.32. The lowest BCUT2D eigenvalue weighted by molar-refractivity contribution is -0.129. The number of carbonyl (C=O) groups excluding carboxylic acids is 2. The molecule has 2 aliphatic rings. The highest BCUT2D eigenvalue weighted by molar-refractivity contribution is 5.85. The van der Waals surface area contributed by atoms with Crippen LogP contribution in [0.5, 0.6) is 0 Å². The van der Waals surface area contributed by atoms with Crippen molar-refractivity contribution >= 4 is 30.3 Å². The van der Waals surface area contributed by atoms with Gasteiger partial charge in [0, 0.05) is 52.4 Å². The van der Waals surface area contributed by atoms with Gasteiger partial charge >= 0.3 is 0 Å². The number of amides is 2. The van der Waals surface area contributed by atoms with E-state index < -0.39 is 0 Å². The zero-order chi connectivity index (χ0) is 17.6. The number of nitrogens with one attached hydrogen (secondary N) is 2. The molecule has 6 nitrogen and oxygen atoms in total. The van der Waals surface area contributed by atoms with Crippen LogP contribution >= 0.6 is 12.4 Å². The molecule has 1 aromatic carbocycles. The molecule has 0 radical (unpaired) electrons. The minimum atomic E-state index is -0.238. The first kappa shape index (κ1) is 20.4. The van der Waals surface area contributed by atoms with E-state index in [2.05, 4.69) is 15.5 Å². The molecule has 2 N–H and O–H groups in total. The average molecular weight is 379 g/mol. The molecule has 1 fully saturated rings. The molecule has 2 amide bonds. The number of rotatable bonds is 5. The Labute approximate surface area is 161 Å². The lowest BCUT2D eigenvalue weighted by Crippen LogP contribution is -2.46. The first-order valence-electron chi connectivity index (χ1n) is 8.91. The molecule has 3 rings (SSSR count). The zero-order valence-electron chi connectivity index (χ0n) is 15.1. The quantitative estimate of drug-likeness (QED) is 0.812. The van der Waals surface area contributed by atoms with Crippen LogP contribution in [0.1, 0.15) is 30.5 Å². The molecule has 1 saturated heterocycles. The Morgan fingerprint density at radius 1 is 1.23 bits per heavy atom. The third kappa shape index (κ3) is 5.06. The number of carbonyl (C=O) groups is 2. The number of piperazine rings is 1. The highest BCUT2D eigenvalue weighted by atomic mass is 35.5. The molecule has 7 heteroatoms. The second-order valence-electron chi connectivity index (χ2n) is 6.53. The third-order valence-corrected chi connectivity index (χ3v) is 4.81. The maximum atomic E-state index is 12.4. The maximum absolute atomic E-state index is 12.4. The van der Waals surface area contributed by atoms with Crippen LogP contribution in [-0.4, -0.2) is 60.9 Å². The van der Waals surface area contributed by atoms with Gasteiger partial charge in [0.1, 0.15) is 0 Å². The molecule has 26 heavy (non-hydrogen) atoms. The molecule has 142 valence electrons. The van der Waals surface area contributed by atoms with Gasteiger partial charge in [-0.05, 0) is 17.2 Å². The lowest BCUT2D eigenvalue weighted by atomic mass is 9.93. The second-order valence-corrected chi connectivity index (χ2v) is 6.53. The number of hydrogen-bond acceptors (Lipinski definition) is 4. The van der Waals surface area contributed by atoms with Gasteiger partial charge in [-0.25, -0.2) is 0 Å². The van der Waals surface area contributed by atoms with E-state index in [4.69, 9.17) is 0 Å². The van der Waals surface area contributed by atoms with Crippen molar-refractivity contribution in [3.8, 4) is 0 Å². The molecule has 0 aromatic heterocycles. The van der Waals surface area contributed by atoms with E-state index in [0.717, 1.165) is 43.9 Å². The van der Waals surface area contributed by atoms with Crippen LogP contribution in [0.15, 0.2) is 30.5 Å². The van der Waals surface area contributed by atoms with Gasteiger partial charge in [-0.1, -0.05) is 24.3 Å². The summed E-state index contributed by atoms with van der Waals surface area (Å²) in [5.41, 5.74) is 2.09. The van der Waals surface area contributed by atoms with Gasteiger partial charge in [-0.15, -0.1) is 12.4 Å². The summed E-state index contributed by atoms with van der Waals surface area (Å²) in [4.78, 5) is 28.4. The molecule has 2 heterocycles. The largest absolute Gasteiger partial charge is 0.355 e. The standard InChI is InChI=1S/C19H26N4O2.ClH/c1-15(24)23-10-6-16-4-2-3-5-17(16)18(23)14-19(25)21-9-13-22-11-7-20-8-12-22;/h2-6,10,18,20H,7-9,11-14H2,1H3,(H,21,25);1H. The summed E-state index contributed by atoms with van der Waals surface area (Å²) >= 11 is 0. The SMILES string of the molecule is CC(=O)N1C=Cc2ccccc2C1CC(=O)NCCN1CCNCC1.Cl. The summed E-state index contributed by atoms with van der Waals surface area (Å²) in [6.07, 6.45) is 3.99. The van der Waals surface area contributed by atoms with Crippen molar-refractivity contribution in [3.63, 3.8) is 0 Å². The van der Waals surface area contributed by atoms with E-state index in [1.165, 1.54) is 6.92 Å². The van der Waals surface area contributed by atoms with Gasteiger partial charge in [0.15, 0.2) is 0 Å². The molecule has 2 aliphatic heterocycles. The molecule has 0 aliphatic carbocycles. The number of nitrogens with zero attached hydrogens (tertiary/aromatic N) is 2. The van der Waals surface area contributed by atoms with Crippen molar-refractivity contribution < 1.29 is 9.59 Å². The van der Waals surface area contributed by atoms with E-state index in [9.17, 15) is 9.59 Å². The van der Waals surface area contributed by atoms with Crippen molar-refractivity contribution in [1.29, 1.82) is 0 Å². The molecule has 1 aromatic rings. The summed E-state index contributed by atoms with van der Waals surface area (Å²) < 4.78 is 0. The fraction of sp³-hybridized carbons (Fsp3) is 0.474. The van der Waals surface area contributed by atoms with Gasteiger partial charge in [0.25, 0.3) is 0 Å². The van der Waals surface area contributed by atoms with E-state index in [-0.39, 0.29) is 36.7 Å². The minimum Gasteiger partial charge on any atom is -0.355 e. The monoisotopic (exact) mass is 378 g/mol. The van der Waals surface area contributed by atoms with Gasteiger partial charge in [-0.3, -0.25) is 14.5 Å². The first-order valence-corrected chi connectivity index (χ1v) is 8.91. The summed E-state index contributed by atoms with van der Waals surface area (Å²) in [6, 6.07) is 7.69.